The van der Waals surface area contributed by atoms with E-state index in [4.69, 9.17) is 0 Å². The van der Waals surface area contributed by atoms with Gasteiger partial charge in [0.1, 0.15) is 11.7 Å². The molecule has 25 heavy (non-hydrogen) atoms. The third-order valence-corrected chi connectivity index (χ3v) is 3.89. The summed E-state index contributed by atoms with van der Waals surface area (Å²) >= 11 is 0. The van der Waals surface area contributed by atoms with Crippen LogP contribution in [0.2, 0.25) is 0 Å². The first kappa shape index (κ1) is 15.2. The van der Waals surface area contributed by atoms with Crippen molar-refractivity contribution in [3.8, 4) is 0 Å². The van der Waals surface area contributed by atoms with Gasteiger partial charge in [-0.3, -0.25) is 0 Å². The number of nitrogens with zero attached hydrogens (tertiary/aromatic N) is 3. The standard InChI is InChI=1S/C15H10F3N5O2/c16-15(17,18)13-21-14-20-10(12(24)25)5-11(23(14)22-13)8-6-19-9-4-2-1-3-7(8)9/h1-6,11,19H,(H,24,25)(H,20,21,22). The summed E-state index contributed by atoms with van der Waals surface area (Å²) in [5.74, 6) is -2.91. The van der Waals surface area contributed by atoms with Gasteiger partial charge >= 0.3 is 12.1 Å². The number of aliphatic carboxylic acids is 1. The lowest BCUT2D eigenvalue weighted by Gasteiger charge is -2.21. The molecule has 0 spiro atoms. The number of fused-ring (bicyclic) bond motifs is 2. The van der Waals surface area contributed by atoms with E-state index in [0.29, 0.717) is 5.56 Å². The molecule has 1 aliphatic heterocycles. The molecule has 3 heterocycles. The number of benzene rings is 1. The average Bonchev–Trinajstić information content (AvgIpc) is 3.17. The number of rotatable bonds is 2. The van der Waals surface area contributed by atoms with Gasteiger partial charge in [-0.2, -0.15) is 18.2 Å². The van der Waals surface area contributed by atoms with Crippen molar-refractivity contribution in [3.05, 3.63) is 53.6 Å². The Hall–Kier alpha value is -3.30. The van der Waals surface area contributed by atoms with Gasteiger partial charge in [0.15, 0.2) is 0 Å². The minimum atomic E-state index is -4.74. The van der Waals surface area contributed by atoms with Gasteiger partial charge in [0.2, 0.25) is 5.95 Å². The van der Waals surface area contributed by atoms with Crippen molar-refractivity contribution < 1.29 is 23.1 Å². The number of H-pyrrole nitrogens is 1. The summed E-state index contributed by atoms with van der Waals surface area (Å²) in [7, 11) is 0. The van der Waals surface area contributed by atoms with Crippen LogP contribution in [-0.4, -0.2) is 30.8 Å². The molecule has 128 valence electrons. The summed E-state index contributed by atoms with van der Waals surface area (Å²) in [5, 5.41) is 15.9. The number of carbonyl (C=O) groups is 1. The number of nitrogens with one attached hydrogen (secondary N) is 2. The predicted molar refractivity (Wildman–Crippen MR) is 80.8 cm³/mol. The summed E-state index contributed by atoms with van der Waals surface area (Å²) in [6.07, 6.45) is -1.81. The molecular formula is C15H10F3N5O2. The van der Waals surface area contributed by atoms with E-state index in [2.05, 4.69) is 20.4 Å². The number of aromatic amines is 1. The Bertz CT molecular complexity index is 1020. The number of carboxylic acid groups (broad SMARTS) is 1. The van der Waals surface area contributed by atoms with Crippen molar-refractivity contribution in [1.82, 2.24) is 19.7 Å². The quantitative estimate of drug-likeness (QED) is 0.661. The van der Waals surface area contributed by atoms with Crippen molar-refractivity contribution in [2.45, 2.75) is 12.2 Å². The van der Waals surface area contributed by atoms with E-state index >= 15 is 0 Å². The van der Waals surface area contributed by atoms with Crippen LogP contribution in [-0.2, 0) is 11.0 Å². The molecule has 3 aromatic rings. The third-order valence-electron chi connectivity index (χ3n) is 3.89. The first-order chi connectivity index (χ1) is 11.8. The maximum Gasteiger partial charge on any atom is 0.453 e. The largest absolute Gasteiger partial charge is 0.477 e. The smallest absolute Gasteiger partial charge is 0.453 e. The van der Waals surface area contributed by atoms with Crippen molar-refractivity contribution in [3.63, 3.8) is 0 Å². The van der Waals surface area contributed by atoms with Crippen LogP contribution in [0.4, 0.5) is 19.1 Å². The molecule has 3 N–H and O–H groups in total. The van der Waals surface area contributed by atoms with Gasteiger partial charge in [0.05, 0.1) is 0 Å². The second-order valence-corrected chi connectivity index (χ2v) is 5.45. The highest BCUT2D eigenvalue weighted by Crippen LogP contribution is 2.35. The average molecular weight is 349 g/mol. The summed E-state index contributed by atoms with van der Waals surface area (Å²) in [5.41, 5.74) is 1.11. The first-order valence-electron chi connectivity index (χ1n) is 7.16. The lowest BCUT2D eigenvalue weighted by atomic mass is 10.0. The number of halogens is 3. The molecule has 0 saturated carbocycles. The van der Waals surface area contributed by atoms with Crippen LogP contribution in [0, 0.1) is 0 Å². The monoisotopic (exact) mass is 349 g/mol. The Morgan fingerprint density at radius 1 is 1.28 bits per heavy atom. The van der Waals surface area contributed by atoms with E-state index in [1.165, 1.54) is 6.08 Å². The SMILES string of the molecule is O=C(O)C1=CC(c2c[nH]c3ccccc23)n2nc(C(F)(F)F)nc2N1. The fourth-order valence-electron chi connectivity index (χ4n) is 2.80. The van der Waals surface area contributed by atoms with Crippen LogP contribution in [0.1, 0.15) is 17.4 Å². The summed E-state index contributed by atoms with van der Waals surface area (Å²) < 4.78 is 39.9. The Kier molecular flexibility index (Phi) is 3.11. The van der Waals surface area contributed by atoms with Crippen LogP contribution in [0.15, 0.2) is 42.2 Å². The first-order valence-corrected chi connectivity index (χ1v) is 7.16. The number of aromatic nitrogens is 4. The van der Waals surface area contributed by atoms with Crippen molar-refractivity contribution in [1.29, 1.82) is 0 Å². The third kappa shape index (κ3) is 2.42. The molecule has 1 atom stereocenters. The molecule has 0 bridgehead atoms. The minimum Gasteiger partial charge on any atom is -0.477 e. The zero-order valence-electron chi connectivity index (χ0n) is 12.4. The molecular weight excluding hydrogens is 339 g/mol. The van der Waals surface area contributed by atoms with Crippen molar-refractivity contribution in [2.75, 3.05) is 5.32 Å². The van der Waals surface area contributed by atoms with Gasteiger partial charge in [-0.25, -0.2) is 9.48 Å². The van der Waals surface area contributed by atoms with Crippen molar-refractivity contribution >= 4 is 22.8 Å². The Morgan fingerprint density at radius 2 is 2.04 bits per heavy atom. The van der Waals surface area contributed by atoms with E-state index < -0.39 is 24.0 Å². The van der Waals surface area contributed by atoms with Gasteiger partial charge in [0, 0.05) is 22.7 Å². The number of para-hydroxylation sites is 1. The summed E-state index contributed by atoms with van der Waals surface area (Å²) in [6.45, 7) is 0. The Morgan fingerprint density at radius 3 is 2.76 bits per heavy atom. The minimum absolute atomic E-state index is 0.260. The van der Waals surface area contributed by atoms with Crippen LogP contribution >= 0.6 is 0 Å². The molecule has 0 radical (unpaired) electrons. The lowest BCUT2D eigenvalue weighted by Crippen LogP contribution is -2.24. The maximum atomic E-state index is 12.9. The van der Waals surface area contributed by atoms with Gasteiger partial charge in [-0.05, 0) is 12.1 Å². The van der Waals surface area contributed by atoms with E-state index in [1.807, 2.05) is 12.1 Å². The fraction of sp³-hybridized carbons (Fsp3) is 0.133. The van der Waals surface area contributed by atoms with Crippen LogP contribution in [0.25, 0.3) is 10.9 Å². The zero-order chi connectivity index (χ0) is 17.8. The second kappa shape index (κ2) is 5.10. The highest BCUT2D eigenvalue weighted by Gasteiger charge is 2.39. The second-order valence-electron chi connectivity index (χ2n) is 5.45. The van der Waals surface area contributed by atoms with Gasteiger partial charge in [0.25, 0.3) is 5.82 Å². The predicted octanol–water partition coefficient (Wildman–Crippen LogP) is 2.76. The van der Waals surface area contributed by atoms with E-state index in [-0.39, 0.29) is 11.6 Å². The van der Waals surface area contributed by atoms with Crippen molar-refractivity contribution in [2.24, 2.45) is 0 Å². The van der Waals surface area contributed by atoms with E-state index in [0.717, 1.165) is 15.6 Å². The maximum absolute atomic E-state index is 12.9. The molecule has 0 saturated heterocycles. The van der Waals surface area contributed by atoms with E-state index in [1.54, 1.807) is 18.3 Å². The summed E-state index contributed by atoms with van der Waals surface area (Å²) in [6, 6.07) is 6.35. The van der Waals surface area contributed by atoms with Gasteiger partial charge < -0.3 is 15.4 Å². The molecule has 0 amide bonds. The molecule has 0 fully saturated rings. The van der Waals surface area contributed by atoms with Crippen LogP contribution in [0.3, 0.4) is 0 Å². The normalized spacial score (nSPS) is 17.1. The number of allylic oxidation sites excluding steroid dienone is 1. The fourth-order valence-corrected chi connectivity index (χ4v) is 2.80. The molecule has 0 aliphatic carbocycles. The summed E-state index contributed by atoms with van der Waals surface area (Å²) in [4.78, 5) is 17.7. The molecule has 4 rings (SSSR count). The highest BCUT2D eigenvalue weighted by molar-refractivity contribution is 5.91. The Balaban J connectivity index is 1.91. The molecule has 1 aliphatic rings. The van der Waals surface area contributed by atoms with Gasteiger partial charge in [-0.15, -0.1) is 5.10 Å². The molecule has 1 unspecified atom stereocenters. The van der Waals surface area contributed by atoms with Crippen LogP contribution < -0.4 is 5.32 Å². The Labute approximate surface area is 137 Å². The van der Waals surface area contributed by atoms with Crippen LogP contribution in [0.5, 0.6) is 0 Å². The number of hydrogen-bond acceptors (Lipinski definition) is 4. The zero-order valence-corrected chi connectivity index (χ0v) is 12.4. The van der Waals surface area contributed by atoms with E-state index in [9.17, 15) is 23.1 Å². The molecule has 7 nitrogen and oxygen atoms in total. The molecule has 2 aromatic heterocycles. The number of anilines is 1. The molecule has 10 heteroatoms. The lowest BCUT2D eigenvalue weighted by molar-refractivity contribution is -0.145. The van der Waals surface area contributed by atoms with Gasteiger partial charge in [-0.1, -0.05) is 18.2 Å². The topological polar surface area (TPSA) is 95.8 Å². The highest BCUT2D eigenvalue weighted by atomic mass is 19.4. The number of alkyl halides is 3. The number of hydrogen-bond donors (Lipinski definition) is 3. The number of carboxylic acids is 1. The molecule has 1 aromatic carbocycles.